The molecule has 1 atom stereocenters. The van der Waals surface area contributed by atoms with Crippen LogP contribution in [0.1, 0.15) is 62.8 Å². The van der Waals surface area contributed by atoms with Gasteiger partial charge in [-0.05, 0) is 175 Å². The van der Waals surface area contributed by atoms with E-state index in [9.17, 15) is 0 Å². The first-order chi connectivity index (χ1) is 62.3. The number of rotatable bonds is 3. The Morgan fingerprint density at radius 3 is 1.18 bits per heavy atom. The predicted molar refractivity (Wildman–Crippen MR) is 534 cm³/mol. The van der Waals surface area contributed by atoms with Gasteiger partial charge in [-0.2, -0.15) is 9.36 Å². The Morgan fingerprint density at radius 2 is 0.633 bits per heavy atom. The lowest BCUT2D eigenvalue weighted by molar-refractivity contribution is -0.735. The summed E-state index contributed by atoms with van der Waals surface area (Å²) in [5.41, 5.74) is 33.6. The Bertz CT molecular complexity index is 8510. The lowest BCUT2D eigenvalue weighted by Crippen LogP contribution is -2.35. The maximum absolute atomic E-state index is 2.43. The summed E-state index contributed by atoms with van der Waals surface area (Å²) in [6.45, 7) is 24.1. The Hall–Kier alpha value is -15.3. The van der Waals surface area contributed by atoms with Crippen LogP contribution in [0.15, 0.2) is 352 Å². The van der Waals surface area contributed by atoms with E-state index in [4.69, 9.17) is 0 Å². The van der Waals surface area contributed by atoms with Crippen molar-refractivity contribution < 1.29 is 23.1 Å². The molecule has 0 saturated heterocycles. The van der Waals surface area contributed by atoms with E-state index in [2.05, 4.69) is 519 Å². The minimum Gasteiger partial charge on any atom is -0.319 e. The SMILES string of the molecule is Cc1cccc2c3ccccc3c3c(-c4ccccc4)c[n+](C)n3c12.Cc1cccc2c3ccccc3c3c(C)c(C)n(C)[n+]3c12.Cc1cccc2c3ccccc3c3c(C)c[n+](C)n3c12.Cc1cccc2c3ccccc3c3cc(C)n(C)[n+]3c12.Cc1cccc2c3ccccc3c3cc[n+](C)n3c12.Cc1ccccc1N1c2ccccc2N(c2ccccc2)[C@H]1C. The third kappa shape index (κ3) is 13.3. The Balaban J connectivity index is 0.0000000967. The Morgan fingerprint density at radius 1 is 0.266 bits per heavy atom. The van der Waals surface area contributed by atoms with Crippen LogP contribution < -0.4 is 32.9 Å². The molecule has 0 N–H and O–H groups in total. The van der Waals surface area contributed by atoms with Crippen LogP contribution in [0.25, 0.3) is 147 Å². The van der Waals surface area contributed by atoms with Crippen molar-refractivity contribution in [2.45, 2.75) is 82.3 Å². The number of para-hydroxylation sites is 9. The monoisotopic (exact) mass is 1670 g/mol. The number of aryl methyl sites for hydroxylation is 14. The molecule has 128 heavy (non-hydrogen) atoms. The van der Waals surface area contributed by atoms with Gasteiger partial charge in [0.25, 0.3) is 0 Å². The highest BCUT2D eigenvalue weighted by Crippen LogP contribution is 2.49. The van der Waals surface area contributed by atoms with Crippen molar-refractivity contribution in [1.82, 2.24) is 22.9 Å². The van der Waals surface area contributed by atoms with Crippen molar-refractivity contribution in [2.75, 3.05) is 9.80 Å². The van der Waals surface area contributed by atoms with E-state index < -0.39 is 0 Å². The Kier molecular flexibility index (Phi) is 20.7. The molecular formula is C116H107N12+5. The number of pyridine rings is 5. The zero-order chi connectivity index (χ0) is 88.2. The van der Waals surface area contributed by atoms with Gasteiger partial charge in [0.2, 0.25) is 28.3 Å². The maximum atomic E-state index is 2.43. The Labute approximate surface area is 746 Å². The van der Waals surface area contributed by atoms with Crippen LogP contribution in [0.2, 0.25) is 0 Å². The van der Waals surface area contributed by atoms with Crippen LogP contribution in [0, 0.1) is 69.2 Å². The van der Waals surface area contributed by atoms with Crippen LogP contribution in [-0.4, -0.2) is 29.1 Å². The minimum absolute atomic E-state index is 0.232. The van der Waals surface area contributed by atoms with Crippen LogP contribution in [-0.2, 0) is 35.2 Å². The second-order valence-electron chi connectivity index (χ2n) is 34.7. The smallest absolute Gasteiger partial charge is 0.249 e. The molecule has 0 fully saturated rings. The normalized spacial score (nSPS) is 12.6. The minimum atomic E-state index is 0.232. The fraction of sp³-hybridized carbons (Fsp3) is 0.147. The summed E-state index contributed by atoms with van der Waals surface area (Å²) in [7, 11) is 10.6. The molecule has 25 rings (SSSR count). The van der Waals surface area contributed by atoms with Crippen LogP contribution in [0.5, 0.6) is 0 Å². The summed E-state index contributed by atoms with van der Waals surface area (Å²) in [6.07, 6.45) is 6.79. The largest absolute Gasteiger partial charge is 0.319 e. The van der Waals surface area contributed by atoms with Gasteiger partial charge in [0.05, 0.1) is 64.0 Å². The van der Waals surface area contributed by atoms with Gasteiger partial charge in [0.1, 0.15) is 39.3 Å². The van der Waals surface area contributed by atoms with Crippen LogP contribution >= 0.6 is 0 Å². The molecule has 0 aliphatic carbocycles. The summed E-state index contributed by atoms with van der Waals surface area (Å²) in [6, 6.07) is 119. The van der Waals surface area contributed by atoms with Gasteiger partial charge < -0.3 is 9.80 Å². The molecule has 1 aliphatic rings. The first kappa shape index (κ1) is 81.1. The molecule has 0 radical (unpaired) electrons. The van der Waals surface area contributed by atoms with Crippen LogP contribution in [0.3, 0.4) is 0 Å². The predicted octanol–water partition coefficient (Wildman–Crippen LogP) is 25.4. The van der Waals surface area contributed by atoms with E-state index in [1.807, 2.05) is 0 Å². The molecule has 0 saturated carbocycles. The van der Waals surface area contributed by atoms with Crippen molar-refractivity contribution in [3.8, 4) is 11.1 Å². The average Bonchev–Trinajstić information content (AvgIpc) is 1.57. The molecule has 1 aliphatic heterocycles. The molecule has 0 amide bonds. The van der Waals surface area contributed by atoms with Gasteiger partial charge in [-0.3, -0.25) is 0 Å². The van der Waals surface area contributed by atoms with Gasteiger partial charge in [-0.25, -0.2) is 0 Å². The number of aromatic nitrogens is 10. The molecule has 0 bridgehead atoms. The molecule has 12 heteroatoms. The number of anilines is 4. The number of nitrogens with zero attached hydrogens (tertiary/aromatic N) is 12. The molecule has 14 aromatic carbocycles. The number of fused-ring (bicyclic) bond motifs is 31. The van der Waals surface area contributed by atoms with Crippen molar-refractivity contribution >= 4 is 159 Å². The van der Waals surface area contributed by atoms with Crippen molar-refractivity contribution in [3.63, 3.8) is 0 Å². The van der Waals surface area contributed by atoms with Gasteiger partial charge in [0, 0.05) is 88.9 Å². The average molecular weight is 1670 g/mol. The number of hydrogen-bond donors (Lipinski definition) is 0. The molecule has 10 aromatic heterocycles. The lowest BCUT2D eigenvalue weighted by atomic mass is 9.99. The first-order valence-electron chi connectivity index (χ1n) is 44.5. The summed E-state index contributed by atoms with van der Waals surface area (Å²) < 4.78 is 22.7. The van der Waals surface area contributed by atoms with Gasteiger partial charge in [-0.15, -0.1) is 27.6 Å². The maximum Gasteiger partial charge on any atom is 0.249 e. The third-order valence-electron chi connectivity index (χ3n) is 26.9. The van der Waals surface area contributed by atoms with Crippen LogP contribution in [0.4, 0.5) is 22.7 Å². The summed E-state index contributed by atoms with van der Waals surface area (Å²) in [5.74, 6) is 0. The van der Waals surface area contributed by atoms with E-state index in [0.29, 0.717) is 0 Å². The third-order valence-corrected chi connectivity index (χ3v) is 26.9. The van der Waals surface area contributed by atoms with E-state index in [0.717, 1.165) is 0 Å². The van der Waals surface area contributed by atoms with E-state index in [1.54, 1.807) is 0 Å². The first-order valence-corrected chi connectivity index (χ1v) is 44.5. The molecule has 12 nitrogen and oxygen atoms in total. The summed E-state index contributed by atoms with van der Waals surface area (Å²) in [5, 5.41) is 19.8. The fourth-order valence-corrected chi connectivity index (χ4v) is 20.7. The van der Waals surface area contributed by atoms with Gasteiger partial charge in [0.15, 0.2) is 33.5 Å². The summed E-state index contributed by atoms with van der Waals surface area (Å²) in [4.78, 5) is 4.83. The van der Waals surface area contributed by atoms with Gasteiger partial charge >= 0.3 is 0 Å². The molecule has 626 valence electrons. The van der Waals surface area contributed by atoms with Crippen molar-refractivity contribution in [3.05, 3.63) is 408 Å². The molecule has 0 spiro atoms. The second kappa shape index (κ2) is 32.7. The van der Waals surface area contributed by atoms with Crippen molar-refractivity contribution in [1.29, 1.82) is 0 Å². The number of hydrogen-bond acceptors (Lipinski definition) is 2. The highest BCUT2D eigenvalue weighted by atomic mass is 15.4. The molecule has 11 heterocycles. The molecule has 24 aromatic rings. The standard InChI is InChI=1S/C23H19N2.C21H20N2.C19H19N2.2C18H17N2.C17H15N2/c1-16-9-8-14-19-18-12-6-7-13-20(18)23-21(17-10-4-3-5-11-17)15-24(2)25(23)22(16)19;1-16-10-6-7-13-19(16)23-17(2)22(18-11-4-3-5-12-18)20-14-8-9-15-21(20)23;1-12-8-7-11-16-15-9-5-6-10-17(15)19-13(2)14(3)20(4)21(19)18(12)16;1-12-7-6-10-16-14-8-4-5-9-15(14)18-13(2)11-19(3)20(18)17(12)16;1-12-7-6-10-16-14-8-4-5-9-15(14)17-11-13(2)19(3)20(17)18(12)16;1-12-6-5-9-15-13-7-3-4-8-14(13)16-10-11-18(2)19(16)17(12)15/h3-15H,1-2H3;3-15,17H,1-2H3;5-11H,1-4H3;2*4-11H,1-3H3;3-11H,1-2H3/q+1;;4*+1/t;17-;;;;/m.1..../s1. The zero-order valence-electron chi connectivity index (χ0n) is 75.9. The molecule has 0 unspecified atom stereocenters. The zero-order valence-corrected chi connectivity index (χ0v) is 75.9. The quantitative estimate of drug-likeness (QED) is 0.131. The fourth-order valence-electron chi connectivity index (χ4n) is 20.7. The van der Waals surface area contributed by atoms with E-state index in [1.165, 1.54) is 226 Å². The number of benzene rings is 14. The van der Waals surface area contributed by atoms with E-state index >= 15 is 0 Å². The van der Waals surface area contributed by atoms with Gasteiger partial charge in [-0.1, -0.05) is 276 Å². The summed E-state index contributed by atoms with van der Waals surface area (Å²) >= 11 is 0. The highest BCUT2D eigenvalue weighted by Gasteiger charge is 2.36. The lowest BCUT2D eigenvalue weighted by Gasteiger charge is -2.31. The molecular weight excluding hydrogens is 1560 g/mol. The van der Waals surface area contributed by atoms with Crippen molar-refractivity contribution in [2.24, 2.45) is 35.2 Å². The van der Waals surface area contributed by atoms with E-state index in [-0.39, 0.29) is 6.17 Å². The topological polar surface area (TPSA) is 49.4 Å². The second-order valence-corrected chi connectivity index (χ2v) is 34.7. The highest BCUT2D eigenvalue weighted by molar-refractivity contribution is 6.18.